The Kier molecular flexibility index (Phi) is 5.47. The number of anilines is 1. The number of benzene rings is 1. The van der Waals surface area contributed by atoms with Crippen LogP contribution in [0, 0.1) is 12.7 Å². The number of halogens is 1. The average molecular weight is 271 g/mol. The van der Waals surface area contributed by atoms with Gasteiger partial charge < -0.3 is 10.0 Å². The largest absolute Gasteiger partial charge is 0.389 e. The molecule has 1 unspecified atom stereocenters. The summed E-state index contributed by atoms with van der Waals surface area (Å²) in [6.45, 7) is 5.54. The summed E-state index contributed by atoms with van der Waals surface area (Å²) >= 11 is 1.78. The normalized spacial score (nSPS) is 14.4. The molecule has 1 N–H and O–H groups in total. The first-order chi connectivity index (χ1) is 8.38. The Morgan fingerprint density at radius 3 is 2.50 bits per heavy atom. The molecule has 1 aromatic rings. The number of aliphatic hydroxyl groups is 1. The third-order valence-electron chi connectivity index (χ3n) is 3.21. The minimum atomic E-state index is -0.668. The maximum atomic E-state index is 13.6. The van der Waals surface area contributed by atoms with Gasteiger partial charge in [-0.15, -0.1) is 0 Å². The summed E-state index contributed by atoms with van der Waals surface area (Å²) in [7, 11) is 1.99. The van der Waals surface area contributed by atoms with E-state index in [4.69, 9.17) is 0 Å². The maximum Gasteiger partial charge on any atom is 0.126 e. The van der Waals surface area contributed by atoms with Gasteiger partial charge in [0.2, 0.25) is 0 Å². The maximum absolute atomic E-state index is 13.6. The highest BCUT2D eigenvalue weighted by Gasteiger charge is 2.18. The van der Waals surface area contributed by atoms with E-state index in [0.29, 0.717) is 17.2 Å². The van der Waals surface area contributed by atoms with Crippen molar-refractivity contribution >= 4 is 17.4 Å². The molecule has 102 valence electrons. The second kappa shape index (κ2) is 6.43. The monoisotopic (exact) mass is 271 g/mol. The molecule has 0 amide bonds. The molecule has 1 rings (SSSR count). The minimum absolute atomic E-state index is 0.263. The van der Waals surface area contributed by atoms with Gasteiger partial charge in [0.25, 0.3) is 0 Å². The van der Waals surface area contributed by atoms with E-state index < -0.39 is 6.10 Å². The first-order valence-electron chi connectivity index (χ1n) is 6.08. The summed E-state index contributed by atoms with van der Waals surface area (Å²) in [6.07, 6.45) is 1.40. The number of hydrogen-bond donors (Lipinski definition) is 1. The second-order valence-corrected chi connectivity index (χ2v) is 5.66. The number of rotatable bonds is 5. The van der Waals surface area contributed by atoms with Crippen molar-refractivity contribution in [3.63, 3.8) is 0 Å². The summed E-state index contributed by atoms with van der Waals surface area (Å²) in [6, 6.07) is 3.59. The van der Waals surface area contributed by atoms with E-state index in [0.717, 1.165) is 11.4 Å². The molecule has 0 spiro atoms. The summed E-state index contributed by atoms with van der Waals surface area (Å²) < 4.78 is 13.6. The van der Waals surface area contributed by atoms with E-state index in [2.05, 4.69) is 18.1 Å². The van der Waals surface area contributed by atoms with Gasteiger partial charge in [0.1, 0.15) is 5.82 Å². The highest BCUT2D eigenvalue weighted by molar-refractivity contribution is 7.98. The Morgan fingerprint density at radius 2 is 2.00 bits per heavy atom. The molecule has 0 saturated carbocycles. The fourth-order valence-corrected chi connectivity index (χ4v) is 2.62. The van der Waals surface area contributed by atoms with Crippen LogP contribution in [-0.2, 0) is 0 Å². The van der Waals surface area contributed by atoms with Crippen LogP contribution in [0.5, 0.6) is 0 Å². The van der Waals surface area contributed by atoms with Gasteiger partial charge >= 0.3 is 0 Å². The molecule has 1 aromatic carbocycles. The van der Waals surface area contributed by atoms with E-state index in [1.54, 1.807) is 25.6 Å². The zero-order valence-corrected chi connectivity index (χ0v) is 12.5. The lowest BCUT2D eigenvalue weighted by molar-refractivity contribution is 0.199. The zero-order chi connectivity index (χ0) is 13.9. The molecular formula is C14H22FNOS. The predicted molar refractivity (Wildman–Crippen MR) is 78.0 cm³/mol. The van der Waals surface area contributed by atoms with Crippen LogP contribution in [0.4, 0.5) is 10.1 Å². The van der Waals surface area contributed by atoms with Crippen molar-refractivity contribution < 1.29 is 9.50 Å². The highest BCUT2D eigenvalue weighted by Crippen LogP contribution is 2.30. The first-order valence-corrected chi connectivity index (χ1v) is 7.47. The van der Waals surface area contributed by atoms with Crippen molar-refractivity contribution in [2.75, 3.05) is 24.0 Å². The SMILES string of the molecule is CSCC(C)N(C)c1cc(C)c(F)cc1[C@@H](C)O. The van der Waals surface area contributed by atoms with E-state index in [1.807, 2.05) is 13.1 Å². The fraction of sp³-hybridized carbons (Fsp3) is 0.571. The van der Waals surface area contributed by atoms with Crippen LogP contribution in [-0.4, -0.2) is 30.2 Å². The second-order valence-electron chi connectivity index (χ2n) is 4.75. The lowest BCUT2D eigenvalue weighted by atomic mass is 10.0. The quantitative estimate of drug-likeness (QED) is 0.888. The number of hydrogen-bond acceptors (Lipinski definition) is 3. The van der Waals surface area contributed by atoms with E-state index >= 15 is 0 Å². The van der Waals surface area contributed by atoms with Crippen molar-refractivity contribution in [2.24, 2.45) is 0 Å². The summed E-state index contributed by atoms with van der Waals surface area (Å²) in [5.41, 5.74) is 2.16. The van der Waals surface area contributed by atoms with Gasteiger partial charge in [-0.25, -0.2) is 4.39 Å². The molecule has 0 fully saturated rings. The number of aryl methyl sites for hydroxylation is 1. The Morgan fingerprint density at radius 1 is 1.39 bits per heavy atom. The minimum Gasteiger partial charge on any atom is -0.389 e. The zero-order valence-electron chi connectivity index (χ0n) is 11.7. The molecule has 0 aliphatic heterocycles. The van der Waals surface area contributed by atoms with Crippen molar-refractivity contribution in [1.29, 1.82) is 0 Å². The molecule has 0 saturated heterocycles. The molecule has 0 radical (unpaired) electrons. The van der Waals surface area contributed by atoms with Crippen LogP contribution >= 0.6 is 11.8 Å². The van der Waals surface area contributed by atoms with E-state index in [-0.39, 0.29) is 5.82 Å². The van der Waals surface area contributed by atoms with Crippen LogP contribution in [0.15, 0.2) is 12.1 Å². The van der Waals surface area contributed by atoms with Crippen LogP contribution in [0.3, 0.4) is 0 Å². The fourth-order valence-electron chi connectivity index (χ4n) is 1.91. The van der Waals surface area contributed by atoms with Gasteiger partial charge in [0.15, 0.2) is 0 Å². The number of aliphatic hydroxyl groups excluding tert-OH is 1. The van der Waals surface area contributed by atoms with E-state index in [9.17, 15) is 9.50 Å². The highest BCUT2D eigenvalue weighted by atomic mass is 32.2. The smallest absolute Gasteiger partial charge is 0.126 e. The molecular weight excluding hydrogens is 249 g/mol. The molecule has 0 aliphatic carbocycles. The summed E-state index contributed by atoms with van der Waals surface area (Å²) in [4.78, 5) is 2.10. The van der Waals surface area contributed by atoms with E-state index in [1.165, 1.54) is 6.07 Å². The third-order valence-corrected chi connectivity index (χ3v) is 4.02. The Bertz CT molecular complexity index is 409. The lowest BCUT2D eigenvalue weighted by Crippen LogP contribution is -2.32. The number of thioether (sulfide) groups is 1. The molecule has 0 bridgehead atoms. The van der Waals surface area contributed by atoms with Crippen LogP contribution in [0.2, 0.25) is 0 Å². The molecule has 0 aromatic heterocycles. The topological polar surface area (TPSA) is 23.5 Å². The molecule has 0 aliphatic rings. The standard InChI is InChI=1S/C14H22FNOS/c1-9-6-14(16(4)10(2)8-18-5)12(11(3)17)7-13(9)15/h6-7,10-11,17H,8H2,1-5H3/t10?,11-/m1/s1. The number of nitrogens with zero attached hydrogens (tertiary/aromatic N) is 1. The van der Waals surface area contributed by atoms with Gasteiger partial charge in [0.05, 0.1) is 6.10 Å². The molecule has 0 heterocycles. The lowest BCUT2D eigenvalue weighted by Gasteiger charge is -2.30. The Balaban J connectivity index is 3.17. The predicted octanol–water partition coefficient (Wildman–Crippen LogP) is 3.38. The van der Waals surface area contributed by atoms with Gasteiger partial charge in [-0.3, -0.25) is 0 Å². The van der Waals surface area contributed by atoms with Gasteiger partial charge in [-0.1, -0.05) is 0 Å². The molecule has 4 heteroatoms. The van der Waals surface area contributed by atoms with Crippen molar-refractivity contribution in [3.8, 4) is 0 Å². The first kappa shape index (κ1) is 15.3. The third kappa shape index (κ3) is 3.39. The average Bonchev–Trinajstić information content (AvgIpc) is 2.31. The van der Waals surface area contributed by atoms with Gasteiger partial charge in [0, 0.05) is 30.1 Å². The Labute approximate surface area is 113 Å². The van der Waals surface area contributed by atoms with Gasteiger partial charge in [-0.2, -0.15) is 11.8 Å². The summed E-state index contributed by atoms with van der Waals surface area (Å²) in [5.74, 6) is 0.729. The van der Waals surface area contributed by atoms with Crippen molar-refractivity contribution in [1.82, 2.24) is 0 Å². The van der Waals surface area contributed by atoms with Crippen molar-refractivity contribution in [2.45, 2.75) is 32.9 Å². The van der Waals surface area contributed by atoms with Crippen LogP contribution < -0.4 is 4.90 Å². The molecule has 18 heavy (non-hydrogen) atoms. The Hall–Kier alpha value is -0.740. The summed E-state index contributed by atoms with van der Waals surface area (Å²) in [5, 5.41) is 9.78. The molecule has 2 nitrogen and oxygen atoms in total. The van der Waals surface area contributed by atoms with Crippen LogP contribution in [0.25, 0.3) is 0 Å². The molecule has 2 atom stereocenters. The van der Waals surface area contributed by atoms with Gasteiger partial charge in [-0.05, 0) is 44.7 Å². The van der Waals surface area contributed by atoms with Crippen molar-refractivity contribution in [3.05, 3.63) is 29.1 Å². The van der Waals surface area contributed by atoms with Crippen LogP contribution in [0.1, 0.15) is 31.1 Å².